The fraction of sp³-hybridized carbons (Fsp3) is 0.469. The molecule has 0 spiro atoms. The average molecular weight is 611 g/mol. The monoisotopic (exact) mass is 610 g/mol. The van der Waals surface area contributed by atoms with E-state index in [1.165, 1.54) is 24.4 Å². The molecule has 1 aromatic heterocycles. The lowest BCUT2D eigenvalue weighted by atomic mass is 9.87. The lowest BCUT2D eigenvalue weighted by Crippen LogP contribution is -2.50. The molecule has 0 radical (unpaired) electrons. The van der Waals surface area contributed by atoms with E-state index < -0.39 is 53.3 Å². The first-order chi connectivity index (χ1) is 20.9. The standard InChI is InChI=1S/C32H43FN6O5/c1-32(2,43)14-13-21(29(36)40)18-28(44-31(42)23(35)10-5-6-15-34)26(17-20-8-7-9-22(33)16-20)39-30(41)27-19-37-24-11-3-4-12-25(24)38-27/h3-4,7-9,11-12,16,19,21,23,26,28,43H,5-6,10,13-15,17-18,34-35H2,1-2H3,(H2,36,40)(H,39,41). The highest BCUT2D eigenvalue weighted by Crippen LogP contribution is 2.24. The Hall–Kier alpha value is -4.00. The van der Waals surface area contributed by atoms with Crippen LogP contribution in [0.15, 0.2) is 54.7 Å². The number of aromatic nitrogens is 2. The molecule has 44 heavy (non-hydrogen) atoms. The summed E-state index contributed by atoms with van der Waals surface area (Å²) in [4.78, 5) is 48.0. The fourth-order valence-corrected chi connectivity index (χ4v) is 4.84. The number of nitrogens with two attached hydrogens (primary N) is 3. The minimum absolute atomic E-state index is 0.0185. The zero-order valence-electron chi connectivity index (χ0n) is 25.2. The third-order valence-electron chi connectivity index (χ3n) is 7.35. The van der Waals surface area contributed by atoms with Gasteiger partial charge in [0.05, 0.1) is 28.9 Å². The Morgan fingerprint density at radius 2 is 1.80 bits per heavy atom. The highest BCUT2D eigenvalue weighted by atomic mass is 19.1. The van der Waals surface area contributed by atoms with Gasteiger partial charge in [0, 0.05) is 5.92 Å². The van der Waals surface area contributed by atoms with Gasteiger partial charge in [0.2, 0.25) is 5.91 Å². The first-order valence-corrected chi connectivity index (χ1v) is 14.8. The Kier molecular flexibility index (Phi) is 12.7. The third kappa shape index (κ3) is 10.9. The zero-order chi connectivity index (χ0) is 32.3. The van der Waals surface area contributed by atoms with E-state index in [9.17, 15) is 23.9 Å². The number of para-hydroxylation sites is 2. The number of nitrogens with zero attached hydrogens (tertiary/aromatic N) is 2. The lowest BCUT2D eigenvalue weighted by Gasteiger charge is -2.31. The van der Waals surface area contributed by atoms with Gasteiger partial charge >= 0.3 is 5.97 Å². The van der Waals surface area contributed by atoms with Crippen LogP contribution in [-0.4, -0.2) is 63.2 Å². The number of hydrogen-bond acceptors (Lipinski definition) is 9. The molecule has 2 amide bonds. The van der Waals surface area contributed by atoms with Crippen LogP contribution in [-0.2, 0) is 20.7 Å². The van der Waals surface area contributed by atoms with Crippen LogP contribution in [0.3, 0.4) is 0 Å². The maximum absolute atomic E-state index is 14.2. The van der Waals surface area contributed by atoms with Crippen molar-refractivity contribution in [2.24, 2.45) is 23.1 Å². The fourth-order valence-electron chi connectivity index (χ4n) is 4.84. The minimum atomic E-state index is -1.09. The largest absolute Gasteiger partial charge is 0.459 e. The first kappa shape index (κ1) is 34.5. The highest BCUT2D eigenvalue weighted by molar-refractivity contribution is 5.94. The van der Waals surface area contributed by atoms with Crippen molar-refractivity contribution >= 4 is 28.8 Å². The number of carbonyl (C=O) groups is 3. The molecule has 0 saturated heterocycles. The molecule has 11 nitrogen and oxygen atoms in total. The number of esters is 1. The smallest absolute Gasteiger partial charge is 0.323 e. The summed E-state index contributed by atoms with van der Waals surface area (Å²) in [5.41, 5.74) is 18.0. The molecule has 0 fully saturated rings. The molecular formula is C32H43FN6O5. The summed E-state index contributed by atoms with van der Waals surface area (Å²) in [6.45, 7) is 3.67. The van der Waals surface area contributed by atoms with Crippen LogP contribution in [0.1, 0.15) is 68.4 Å². The van der Waals surface area contributed by atoms with Crippen LogP contribution in [0.25, 0.3) is 11.0 Å². The van der Waals surface area contributed by atoms with Gasteiger partial charge in [-0.05, 0) is 88.7 Å². The number of hydrogen-bond donors (Lipinski definition) is 5. The number of unbranched alkanes of at least 4 members (excludes halogenated alkanes) is 1. The molecule has 0 aliphatic heterocycles. The lowest BCUT2D eigenvalue weighted by molar-refractivity contribution is -0.154. The average Bonchev–Trinajstić information content (AvgIpc) is 2.97. The van der Waals surface area contributed by atoms with Gasteiger partial charge in [-0.25, -0.2) is 9.37 Å². The van der Waals surface area contributed by atoms with Crippen molar-refractivity contribution in [3.63, 3.8) is 0 Å². The quantitative estimate of drug-likeness (QED) is 0.113. The third-order valence-corrected chi connectivity index (χ3v) is 7.35. The number of rotatable bonds is 17. The molecule has 238 valence electrons. The summed E-state index contributed by atoms with van der Waals surface area (Å²) in [6, 6.07) is 11.0. The van der Waals surface area contributed by atoms with Crippen molar-refractivity contribution in [3.05, 3.63) is 71.8 Å². The maximum atomic E-state index is 14.2. The Morgan fingerprint density at radius 1 is 1.07 bits per heavy atom. The van der Waals surface area contributed by atoms with Crippen molar-refractivity contribution in [1.29, 1.82) is 0 Å². The number of fused-ring (bicyclic) bond motifs is 1. The summed E-state index contributed by atoms with van der Waals surface area (Å²) in [7, 11) is 0. The Balaban J connectivity index is 1.97. The molecule has 0 aliphatic rings. The summed E-state index contributed by atoms with van der Waals surface area (Å²) in [6.07, 6.45) is 2.27. The van der Waals surface area contributed by atoms with Gasteiger partial charge in [-0.1, -0.05) is 30.7 Å². The van der Waals surface area contributed by atoms with Gasteiger partial charge in [-0.15, -0.1) is 0 Å². The molecule has 0 aliphatic carbocycles. The molecule has 1 heterocycles. The Bertz CT molecular complexity index is 1420. The molecule has 2 aromatic carbocycles. The predicted molar refractivity (Wildman–Crippen MR) is 164 cm³/mol. The highest BCUT2D eigenvalue weighted by Gasteiger charge is 2.34. The van der Waals surface area contributed by atoms with E-state index in [-0.39, 0.29) is 31.4 Å². The van der Waals surface area contributed by atoms with Gasteiger partial charge in [-0.3, -0.25) is 19.4 Å². The first-order valence-electron chi connectivity index (χ1n) is 14.8. The van der Waals surface area contributed by atoms with E-state index in [1.54, 1.807) is 44.2 Å². The molecule has 4 atom stereocenters. The van der Waals surface area contributed by atoms with Crippen LogP contribution < -0.4 is 22.5 Å². The van der Waals surface area contributed by atoms with Crippen LogP contribution >= 0.6 is 0 Å². The van der Waals surface area contributed by atoms with Gasteiger partial charge < -0.3 is 32.4 Å². The topological polar surface area (TPSA) is 197 Å². The molecule has 3 rings (SSSR count). The Morgan fingerprint density at radius 3 is 2.45 bits per heavy atom. The summed E-state index contributed by atoms with van der Waals surface area (Å²) < 4.78 is 20.1. The van der Waals surface area contributed by atoms with E-state index >= 15 is 0 Å². The maximum Gasteiger partial charge on any atom is 0.323 e. The number of benzene rings is 2. The molecule has 4 unspecified atom stereocenters. The van der Waals surface area contributed by atoms with Crippen molar-refractivity contribution < 1.29 is 28.6 Å². The van der Waals surface area contributed by atoms with Gasteiger partial charge in [0.1, 0.15) is 23.7 Å². The Labute approximate surface area is 256 Å². The van der Waals surface area contributed by atoms with Gasteiger partial charge in [0.15, 0.2) is 0 Å². The van der Waals surface area contributed by atoms with Crippen LogP contribution in [0, 0.1) is 11.7 Å². The molecule has 0 saturated carbocycles. The molecular weight excluding hydrogens is 567 g/mol. The van der Waals surface area contributed by atoms with Crippen LogP contribution in [0.4, 0.5) is 4.39 Å². The van der Waals surface area contributed by atoms with E-state index in [0.29, 0.717) is 42.4 Å². The van der Waals surface area contributed by atoms with E-state index in [1.807, 2.05) is 0 Å². The van der Waals surface area contributed by atoms with E-state index in [0.717, 1.165) is 0 Å². The number of primary amides is 1. The number of amides is 2. The van der Waals surface area contributed by atoms with Crippen molar-refractivity contribution in [3.8, 4) is 0 Å². The van der Waals surface area contributed by atoms with Crippen LogP contribution in [0.5, 0.6) is 0 Å². The molecule has 8 N–H and O–H groups in total. The summed E-state index contributed by atoms with van der Waals surface area (Å²) in [5.74, 6) is -3.28. The second kappa shape index (κ2) is 16.2. The molecule has 0 bridgehead atoms. The number of nitrogens with one attached hydrogen (secondary N) is 1. The molecule has 3 aromatic rings. The second-order valence-electron chi connectivity index (χ2n) is 11.7. The van der Waals surface area contributed by atoms with Crippen LogP contribution in [0.2, 0.25) is 0 Å². The predicted octanol–water partition coefficient (Wildman–Crippen LogP) is 2.52. The number of aliphatic hydroxyl groups is 1. The van der Waals surface area contributed by atoms with Crippen molar-refractivity contribution in [2.75, 3.05) is 6.54 Å². The van der Waals surface area contributed by atoms with E-state index in [4.69, 9.17) is 21.9 Å². The van der Waals surface area contributed by atoms with Gasteiger partial charge in [0.25, 0.3) is 5.91 Å². The van der Waals surface area contributed by atoms with Crippen molar-refractivity contribution in [2.45, 2.75) is 82.6 Å². The summed E-state index contributed by atoms with van der Waals surface area (Å²) in [5, 5.41) is 13.2. The number of carbonyl (C=O) groups excluding carboxylic acids is 3. The SMILES string of the molecule is CC(C)(O)CCC(CC(OC(=O)C(N)CCCCN)C(Cc1cccc(F)c1)NC(=O)c1cnc2ccccc2n1)C(N)=O. The molecule has 12 heteroatoms. The minimum Gasteiger partial charge on any atom is -0.459 e. The van der Waals surface area contributed by atoms with Crippen molar-refractivity contribution in [1.82, 2.24) is 15.3 Å². The zero-order valence-corrected chi connectivity index (χ0v) is 25.2. The number of ether oxygens (including phenoxy) is 1. The number of halogens is 1. The second-order valence-corrected chi connectivity index (χ2v) is 11.7. The van der Waals surface area contributed by atoms with E-state index in [2.05, 4.69) is 15.3 Å². The van der Waals surface area contributed by atoms with Gasteiger partial charge in [-0.2, -0.15) is 0 Å². The summed E-state index contributed by atoms with van der Waals surface area (Å²) >= 11 is 0. The normalized spacial score (nSPS) is 14.4.